The van der Waals surface area contributed by atoms with Crippen LogP contribution in [0.15, 0.2) is 0 Å². The Morgan fingerprint density at radius 1 is 1.62 bits per heavy atom. The van der Waals surface area contributed by atoms with E-state index in [1.807, 2.05) is 19.0 Å². The summed E-state index contributed by atoms with van der Waals surface area (Å²) in [5, 5.41) is 3.77. The topological polar surface area (TPSA) is 80.5 Å². The smallest absolute Gasteiger partial charge is 0.344 e. The molecule has 0 amide bonds. The lowest BCUT2D eigenvalue weighted by molar-refractivity contribution is 0.0603. The van der Waals surface area contributed by atoms with Gasteiger partial charge < -0.3 is 20.7 Å². The average molecular weight is 244 g/mol. The van der Waals surface area contributed by atoms with Gasteiger partial charge in [-0.05, 0) is 25.6 Å². The van der Waals surface area contributed by atoms with Gasteiger partial charge in [0.1, 0.15) is 10.6 Å². The van der Waals surface area contributed by atoms with Gasteiger partial charge in [0.25, 0.3) is 0 Å². The van der Waals surface area contributed by atoms with Gasteiger partial charge in [-0.25, -0.2) is 4.79 Å². The Kier molecular flexibility index (Phi) is 4.51. The molecular formula is C9H16N4O2S. The maximum Gasteiger partial charge on any atom is 0.344 e. The predicted molar refractivity (Wildman–Crippen MR) is 64.9 cm³/mol. The fourth-order valence-electron chi connectivity index (χ4n) is 1.12. The fraction of sp³-hybridized carbons (Fsp3) is 0.556. The molecule has 0 spiro atoms. The molecular weight excluding hydrogens is 228 g/mol. The van der Waals surface area contributed by atoms with Crippen molar-refractivity contribution >= 4 is 28.3 Å². The molecule has 0 aliphatic carbocycles. The molecule has 0 fully saturated rings. The van der Waals surface area contributed by atoms with Crippen LogP contribution in [0.1, 0.15) is 10.4 Å². The van der Waals surface area contributed by atoms with E-state index in [4.69, 9.17) is 5.73 Å². The highest BCUT2D eigenvalue weighted by molar-refractivity contribution is 7.11. The molecule has 0 bridgehead atoms. The Labute approximate surface area is 98.5 Å². The van der Waals surface area contributed by atoms with Gasteiger partial charge in [-0.2, -0.15) is 4.37 Å². The van der Waals surface area contributed by atoms with Gasteiger partial charge >= 0.3 is 5.97 Å². The maximum atomic E-state index is 11.4. The molecule has 0 atom stereocenters. The summed E-state index contributed by atoms with van der Waals surface area (Å²) in [6, 6.07) is 0. The fourth-order valence-corrected chi connectivity index (χ4v) is 1.84. The number of esters is 1. The molecule has 7 heteroatoms. The molecule has 0 aliphatic heterocycles. The zero-order chi connectivity index (χ0) is 12.1. The summed E-state index contributed by atoms with van der Waals surface area (Å²) in [6.45, 7) is 1.58. The molecule has 0 aliphatic rings. The molecule has 6 nitrogen and oxygen atoms in total. The number of nitrogens with two attached hydrogens (primary N) is 1. The molecule has 3 N–H and O–H groups in total. The Morgan fingerprint density at radius 2 is 2.31 bits per heavy atom. The number of carbonyl (C=O) groups excluding carboxylic acids is 1. The summed E-state index contributed by atoms with van der Waals surface area (Å²) in [5.74, 6) is -0.247. The van der Waals surface area contributed by atoms with Crippen LogP contribution in [0, 0.1) is 0 Å². The standard InChI is InChI=1S/C9H16N4O2S/c1-13(2)5-4-11-8-6(9(14)15-3)7(10)12-16-8/h11H,4-5H2,1-3H3,(H2,10,12). The second-order valence-corrected chi connectivity index (χ2v) is 4.27. The molecule has 1 aromatic heterocycles. The number of ether oxygens (including phenoxy) is 1. The molecule has 0 unspecified atom stereocenters. The summed E-state index contributed by atoms with van der Waals surface area (Å²) in [6.07, 6.45) is 0. The van der Waals surface area contributed by atoms with E-state index in [1.54, 1.807) is 0 Å². The van der Waals surface area contributed by atoms with Crippen LogP contribution in [0.4, 0.5) is 10.8 Å². The second-order valence-electron chi connectivity index (χ2n) is 3.49. The number of nitrogens with one attached hydrogen (secondary N) is 1. The van der Waals surface area contributed by atoms with Crippen LogP contribution in [-0.2, 0) is 4.74 Å². The van der Waals surface area contributed by atoms with Crippen molar-refractivity contribution in [2.75, 3.05) is 45.3 Å². The van der Waals surface area contributed by atoms with E-state index in [0.717, 1.165) is 13.1 Å². The number of hydrogen-bond acceptors (Lipinski definition) is 7. The predicted octanol–water partition coefficient (Wildman–Crippen LogP) is 0.485. The van der Waals surface area contributed by atoms with E-state index >= 15 is 0 Å². The van der Waals surface area contributed by atoms with Gasteiger partial charge in [-0.3, -0.25) is 0 Å². The van der Waals surface area contributed by atoms with Crippen molar-refractivity contribution in [2.45, 2.75) is 0 Å². The van der Waals surface area contributed by atoms with E-state index in [1.165, 1.54) is 18.6 Å². The number of methoxy groups -OCH3 is 1. The quantitative estimate of drug-likeness (QED) is 0.734. The number of aromatic nitrogens is 1. The zero-order valence-corrected chi connectivity index (χ0v) is 10.4. The maximum absolute atomic E-state index is 11.4. The van der Waals surface area contributed by atoms with Crippen LogP contribution in [0.3, 0.4) is 0 Å². The molecule has 16 heavy (non-hydrogen) atoms. The van der Waals surface area contributed by atoms with Gasteiger partial charge in [-0.1, -0.05) is 0 Å². The van der Waals surface area contributed by atoms with E-state index < -0.39 is 5.97 Å². The number of nitrogens with zero attached hydrogens (tertiary/aromatic N) is 2. The van der Waals surface area contributed by atoms with E-state index in [9.17, 15) is 4.79 Å². The number of rotatable bonds is 5. The van der Waals surface area contributed by atoms with Gasteiger partial charge in [0.2, 0.25) is 0 Å². The summed E-state index contributed by atoms with van der Waals surface area (Å²) < 4.78 is 8.57. The largest absolute Gasteiger partial charge is 0.465 e. The number of nitrogen functional groups attached to an aromatic ring is 1. The Hall–Kier alpha value is -1.34. The summed E-state index contributed by atoms with van der Waals surface area (Å²) in [5.41, 5.74) is 5.92. The van der Waals surface area contributed by atoms with Crippen LogP contribution in [0.5, 0.6) is 0 Å². The highest BCUT2D eigenvalue weighted by Crippen LogP contribution is 2.26. The lowest BCUT2D eigenvalue weighted by Crippen LogP contribution is -2.21. The van der Waals surface area contributed by atoms with E-state index in [-0.39, 0.29) is 5.82 Å². The Balaban J connectivity index is 2.69. The Bertz CT molecular complexity index is 364. The summed E-state index contributed by atoms with van der Waals surface area (Å²) >= 11 is 1.17. The number of anilines is 2. The first-order chi connectivity index (χ1) is 7.56. The molecule has 1 aromatic rings. The van der Waals surface area contributed by atoms with Crippen LogP contribution in [-0.4, -0.2) is 49.5 Å². The SMILES string of the molecule is COC(=O)c1c(N)nsc1NCCN(C)C. The highest BCUT2D eigenvalue weighted by atomic mass is 32.1. The van der Waals surface area contributed by atoms with E-state index in [0.29, 0.717) is 10.6 Å². The van der Waals surface area contributed by atoms with E-state index in [2.05, 4.69) is 14.4 Å². The van der Waals surface area contributed by atoms with Gasteiger partial charge in [0.15, 0.2) is 5.82 Å². The average Bonchev–Trinajstić information content (AvgIpc) is 2.58. The van der Waals surface area contributed by atoms with Crippen molar-refractivity contribution in [2.24, 2.45) is 0 Å². The zero-order valence-electron chi connectivity index (χ0n) is 9.61. The molecule has 90 valence electrons. The van der Waals surface area contributed by atoms with Crippen LogP contribution in [0.2, 0.25) is 0 Å². The van der Waals surface area contributed by atoms with Crippen molar-refractivity contribution in [3.05, 3.63) is 5.56 Å². The summed E-state index contributed by atoms with van der Waals surface area (Å²) in [4.78, 5) is 13.5. The molecule has 0 saturated carbocycles. The van der Waals surface area contributed by atoms with Gasteiger partial charge in [0, 0.05) is 13.1 Å². The van der Waals surface area contributed by atoms with Crippen LogP contribution >= 0.6 is 11.5 Å². The monoisotopic (exact) mass is 244 g/mol. The third kappa shape index (κ3) is 3.07. The first-order valence-electron chi connectivity index (χ1n) is 4.78. The number of carbonyl (C=O) groups is 1. The normalized spacial score (nSPS) is 10.5. The lowest BCUT2D eigenvalue weighted by Gasteiger charge is -2.10. The molecule has 0 saturated heterocycles. The van der Waals surface area contributed by atoms with Gasteiger partial charge in [-0.15, -0.1) is 0 Å². The third-order valence-corrected chi connectivity index (χ3v) is 2.77. The first-order valence-corrected chi connectivity index (χ1v) is 5.55. The van der Waals surface area contributed by atoms with Crippen molar-refractivity contribution in [3.8, 4) is 0 Å². The van der Waals surface area contributed by atoms with Crippen LogP contribution in [0.25, 0.3) is 0 Å². The van der Waals surface area contributed by atoms with Crippen molar-refractivity contribution in [1.29, 1.82) is 0 Å². The van der Waals surface area contributed by atoms with Crippen molar-refractivity contribution in [1.82, 2.24) is 9.27 Å². The molecule has 1 rings (SSSR count). The Morgan fingerprint density at radius 3 is 2.88 bits per heavy atom. The van der Waals surface area contributed by atoms with Gasteiger partial charge in [0.05, 0.1) is 7.11 Å². The first kappa shape index (κ1) is 12.7. The lowest BCUT2D eigenvalue weighted by atomic mass is 10.3. The molecule has 0 radical (unpaired) electrons. The minimum absolute atomic E-state index is 0.212. The number of hydrogen-bond donors (Lipinski definition) is 2. The minimum Gasteiger partial charge on any atom is -0.465 e. The summed E-state index contributed by atoms with van der Waals surface area (Å²) in [7, 11) is 5.27. The molecule has 1 heterocycles. The van der Waals surface area contributed by atoms with Crippen molar-refractivity contribution < 1.29 is 9.53 Å². The third-order valence-electron chi connectivity index (χ3n) is 1.95. The highest BCUT2D eigenvalue weighted by Gasteiger charge is 2.19. The molecule has 0 aromatic carbocycles. The number of likely N-dealkylation sites (N-methyl/N-ethyl adjacent to an activating group) is 1. The minimum atomic E-state index is -0.460. The van der Waals surface area contributed by atoms with Crippen LogP contribution < -0.4 is 11.1 Å². The second kappa shape index (κ2) is 5.66. The van der Waals surface area contributed by atoms with Crippen molar-refractivity contribution in [3.63, 3.8) is 0 Å².